The van der Waals surface area contributed by atoms with Crippen LogP contribution >= 0.6 is 15.9 Å². The summed E-state index contributed by atoms with van der Waals surface area (Å²) >= 11 is 3.13. The maximum atomic E-state index is 10.5. The molecular weight excluding hydrogens is 210 g/mol. The van der Waals surface area contributed by atoms with Crippen molar-refractivity contribution in [1.29, 1.82) is 0 Å². The third-order valence-electron chi connectivity index (χ3n) is 0.936. The second-order valence-electron chi connectivity index (χ2n) is 1.92. The van der Waals surface area contributed by atoms with Crippen LogP contribution in [0.4, 0.5) is 5.82 Å². The second kappa shape index (κ2) is 3.43. The lowest BCUT2D eigenvalue weighted by Crippen LogP contribution is -2.07. The van der Waals surface area contributed by atoms with E-state index in [4.69, 9.17) is 0 Å². The number of nitrogens with zero attached hydrogens (tertiary/aromatic N) is 2. The summed E-state index contributed by atoms with van der Waals surface area (Å²) in [6, 6.07) is 3.37. The predicted molar refractivity (Wildman–Crippen MR) is 44.0 cm³/mol. The molecule has 58 valence electrons. The molecule has 0 atom stereocenters. The van der Waals surface area contributed by atoms with Crippen LogP contribution in [0.2, 0.25) is 0 Å². The molecule has 0 aliphatic rings. The highest BCUT2D eigenvalue weighted by Gasteiger charge is 1.95. The Labute approximate surface area is 72.1 Å². The van der Waals surface area contributed by atoms with E-state index in [9.17, 15) is 4.79 Å². The smallest absolute Gasteiger partial charge is 0.222 e. The molecule has 1 aromatic rings. The molecule has 1 N–H and O–H groups in total. The Morgan fingerprint density at radius 1 is 1.55 bits per heavy atom. The fourth-order valence-corrected chi connectivity index (χ4v) is 0.774. The molecule has 5 heteroatoms. The normalized spacial score (nSPS) is 9.27. The fraction of sp³-hybridized carbons (Fsp3) is 0.167. The van der Waals surface area contributed by atoms with Crippen LogP contribution in [0.3, 0.4) is 0 Å². The molecule has 0 saturated heterocycles. The maximum absolute atomic E-state index is 10.5. The molecule has 0 fully saturated rings. The minimum Gasteiger partial charge on any atom is -0.309 e. The first-order valence-corrected chi connectivity index (χ1v) is 3.74. The second-order valence-corrected chi connectivity index (χ2v) is 2.73. The minimum absolute atomic E-state index is 0.151. The standard InChI is InChI=1S/C6H6BrN3O/c1-4(11)8-6-3-2-5(7)9-10-6/h2-3H,1H3,(H,8,10,11). The van der Waals surface area contributed by atoms with Gasteiger partial charge in [0.15, 0.2) is 5.82 Å². The van der Waals surface area contributed by atoms with E-state index in [1.807, 2.05) is 0 Å². The zero-order valence-corrected chi connectivity index (χ0v) is 7.42. The van der Waals surface area contributed by atoms with Crippen LogP contribution in [0.15, 0.2) is 16.7 Å². The molecule has 11 heavy (non-hydrogen) atoms. The van der Waals surface area contributed by atoms with Gasteiger partial charge in [0.05, 0.1) is 0 Å². The molecule has 0 radical (unpaired) electrons. The Bertz CT molecular complexity index is 259. The van der Waals surface area contributed by atoms with E-state index in [0.29, 0.717) is 10.4 Å². The summed E-state index contributed by atoms with van der Waals surface area (Å²) in [5, 5.41) is 9.87. The molecule has 1 aromatic heterocycles. The summed E-state index contributed by atoms with van der Waals surface area (Å²) in [4.78, 5) is 10.5. The Morgan fingerprint density at radius 3 is 2.73 bits per heavy atom. The fourth-order valence-electron chi connectivity index (χ4n) is 0.563. The van der Waals surface area contributed by atoms with Crippen molar-refractivity contribution < 1.29 is 4.79 Å². The van der Waals surface area contributed by atoms with Crippen molar-refractivity contribution in [3.05, 3.63) is 16.7 Å². The van der Waals surface area contributed by atoms with Crippen molar-refractivity contribution in [2.75, 3.05) is 5.32 Å². The number of carbonyl (C=O) groups excluding carboxylic acids is 1. The number of carbonyl (C=O) groups is 1. The molecule has 0 aliphatic carbocycles. The number of nitrogens with one attached hydrogen (secondary N) is 1. The van der Waals surface area contributed by atoms with E-state index in [-0.39, 0.29) is 5.91 Å². The Balaban J connectivity index is 2.74. The quantitative estimate of drug-likeness (QED) is 0.767. The summed E-state index contributed by atoms with van der Waals surface area (Å²) in [6.45, 7) is 1.42. The van der Waals surface area contributed by atoms with Gasteiger partial charge >= 0.3 is 0 Å². The van der Waals surface area contributed by atoms with Crippen LogP contribution in [-0.4, -0.2) is 16.1 Å². The van der Waals surface area contributed by atoms with Crippen molar-refractivity contribution in [1.82, 2.24) is 10.2 Å². The van der Waals surface area contributed by atoms with Crippen LogP contribution in [0.1, 0.15) is 6.92 Å². The monoisotopic (exact) mass is 215 g/mol. The summed E-state index contributed by atoms with van der Waals surface area (Å²) in [7, 11) is 0. The highest BCUT2D eigenvalue weighted by atomic mass is 79.9. The SMILES string of the molecule is CC(=O)Nc1ccc(Br)nn1. The van der Waals surface area contributed by atoms with Crippen molar-refractivity contribution in [3.8, 4) is 0 Å². The third kappa shape index (κ3) is 2.63. The largest absolute Gasteiger partial charge is 0.309 e. The van der Waals surface area contributed by atoms with Gasteiger partial charge in [-0.2, -0.15) is 0 Å². The lowest BCUT2D eigenvalue weighted by molar-refractivity contribution is -0.114. The van der Waals surface area contributed by atoms with Gasteiger partial charge in [0.2, 0.25) is 5.91 Å². The van der Waals surface area contributed by atoms with Gasteiger partial charge in [0.25, 0.3) is 0 Å². The van der Waals surface area contributed by atoms with E-state index >= 15 is 0 Å². The van der Waals surface area contributed by atoms with Crippen molar-refractivity contribution >= 4 is 27.7 Å². The van der Waals surface area contributed by atoms with Crippen molar-refractivity contribution in [2.45, 2.75) is 6.92 Å². The van der Waals surface area contributed by atoms with Gasteiger partial charge < -0.3 is 5.32 Å². The van der Waals surface area contributed by atoms with Gasteiger partial charge in [-0.3, -0.25) is 4.79 Å². The highest BCUT2D eigenvalue weighted by Crippen LogP contribution is 2.06. The summed E-state index contributed by atoms with van der Waals surface area (Å²) < 4.78 is 0.645. The van der Waals surface area contributed by atoms with Crippen LogP contribution in [0, 0.1) is 0 Å². The molecule has 0 bridgehead atoms. The zero-order chi connectivity index (χ0) is 8.27. The molecule has 1 rings (SSSR count). The van der Waals surface area contributed by atoms with Gasteiger partial charge in [-0.15, -0.1) is 10.2 Å². The average Bonchev–Trinajstić information content (AvgIpc) is 1.93. The van der Waals surface area contributed by atoms with Gasteiger partial charge in [0.1, 0.15) is 4.60 Å². The van der Waals surface area contributed by atoms with Crippen LogP contribution in [0.5, 0.6) is 0 Å². The minimum atomic E-state index is -0.151. The molecule has 0 spiro atoms. The lowest BCUT2D eigenvalue weighted by Gasteiger charge is -1.97. The third-order valence-corrected chi connectivity index (χ3v) is 1.36. The highest BCUT2D eigenvalue weighted by molar-refractivity contribution is 9.10. The average molecular weight is 216 g/mol. The molecule has 1 heterocycles. The van der Waals surface area contributed by atoms with Crippen molar-refractivity contribution in [2.24, 2.45) is 0 Å². The Kier molecular flexibility index (Phi) is 2.53. The van der Waals surface area contributed by atoms with Gasteiger partial charge in [-0.1, -0.05) is 0 Å². The number of hydrogen-bond acceptors (Lipinski definition) is 3. The Hall–Kier alpha value is -0.970. The zero-order valence-electron chi connectivity index (χ0n) is 5.84. The first-order chi connectivity index (χ1) is 5.18. The molecule has 0 aliphatic heterocycles. The first kappa shape index (κ1) is 8.13. The number of rotatable bonds is 1. The van der Waals surface area contributed by atoms with Crippen LogP contribution in [-0.2, 0) is 4.79 Å². The topological polar surface area (TPSA) is 54.9 Å². The van der Waals surface area contributed by atoms with E-state index in [1.54, 1.807) is 12.1 Å². The van der Waals surface area contributed by atoms with Crippen LogP contribution < -0.4 is 5.32 Å². The molecule has 4 nitrogen and oxygen atoms in total. The summed E-state index contributed by atoms with van der Waals surface area (Å²) in [5.74, 6) is 0.308. The van der Waals surface area contributed by atoms with Gasteiger partial charge in [0, 0.05) is 6.92 Å². The number of hydrogen-bond donors (Lipinski definition) is 1. The first-order valence-electron chi connectivity index (χ1n) is 2.95. The molecule has 0 unspecified atom stereocenters. The maximum Gasteiger partial charge on any atom is 0.222 e. The number of aromatic nitrogens is 2. The van der Waals surface area contributed by atoms with Gasteiger partial charge in [-0.05, 0) is 28.1 Å². The molecule has 1 amide bonds. The lowest BCUT2D eigenvalue weighted by atomic mass is 10.5. The summed E-state index contributed by atoms with van der Waals surface area (Å²) in [5.41, 5.74) is 0. The van der Waals surface area contributed by atoms with Crippen molar-refractivity contribution in [3.63, 3.8) is 0 Å². The number of halogens is 1. The van der Waals surface area contributed by atoms with E-state index in [2.05, 4.69) is 31.4 Å². The number of anilines is 1. The molecular formula is C6H6BrN3O. The van der Waals surface area contributed by atoms with E-state index < -0.39 is 0 Å². The molecule has 0 saturated carbocycles. The van der Waals surface area contributed by atoms with Crippen LogP contribution in [0.25, 0.3) is 0 Å². The van der Waals surface area contributed by atoms with E-state index in [1.165, 1.54) is 6.92 Å². The molecule has 0 aromatic carbocycles. The van der Waals surface area contributed by atoms with Gasteiger partial charge in [-0.25, -0.2) is 0 Å². The van der Waals surface area contributed by atoms with E-state index in [0.717, 1.165) is 0 Å². The predicted octanol–water partition coefficient (Wildman–Crippen LogP) is 1.20. The summed E-state index contributed by atoms with van der Waals surface area (Å²) in [6.07, 6.45) is 0. The number of amides is 1. The Morgan fingerprint density at radius 2 is 2.27 bits per heavy atom.